The third-order valence-corrected chi connectivity index (χ3v) is 5.86. The first-order valence-electron chi connectivity index (χ1n) is 10.3. The van der Waals surface area contributed by atoms with Crippen molar-refractivity contribution in [3.05, 3.63) is 35.4 Å². The molecular weight excluding hydrogens is 368 g/mol. The van der Waals surface area contributed by atoms with Gasteiger partial charge in [0.05, 0.1) is 11.6 Å². The van der Waals surface area contributed by atoms with Gasteiger partial charge in [0, 0.05) is 25.6 Å². The van der Waals surface area contributed by atoms with E-state index in [1.54, 1.807) is 17.0 Å². The average molecular weight is 396 g/mol. The number of hydrogen-bond acceptors (Lipinski definition) is 4. The van der Waals surface area contributed by atoms with Gasteiger partial charge in [0.15, 0.2) is 0 Å². The van der Waals surface area contributed by atoms with Gasteiger partial charge in [0.1, 0.15) is 5.54 Å². The van der Waals surface area contributed by atoms with Gasteiger partial charge in [-0.2, -0.15) is 5.26 Å². The van der Waals surface area contributed by atoms with Crippen molar-refractivity contribution in [1.29, 1.82) is 5.26 Å². The molecule has 1 saturated heterocycles. The molecule has 7 nitrogen and oxygen atoms in total. The highest BCUT2D eigenvalue weighted by atomic mass is 16.2. The standard InChI is InChI=1S/C22H28N4O3/c1-16(2)26(15-18-9-7-17(14-23)8-10-18)19(27)6-5-13-25-20(28)22(24-21(25)29)11-3-4-12-22/h7-10,16H,3-6,11-13,15H2,1-2H3,(H,24,29). The van der Waals surface area contributed by atoms with Crippen LogP contribution in [0.1, 0.15) is 63.5 Å². The summed E-state index contributed by atoms with van der Waals surface area (Å²) in [6.45, 7) is 4.65. The summed E-state index contributed by atoms with van der Waals surface area (Å²) in [5.74, 6) is -0.141. The summed E-state index contributed by atoms with van der Waals surface area (Å²) in [4.78, 5) is 40.7. The number of carbonyl (C=O) groups is 3. The van der Waals surface area contributed by atoms with Gasteiger partial charge >= 0.3 is 6.03 Å². The van der Waals surface area contributed by atoms with E-state index in [1.165, 1.54) is 4.90 Å². The van der Waals surface area contributed by atoms with Crippen LogP contribution in [-0.4, -0.2) is 45.8 Å². The Hall–Kier alpha value is -2.88. The lowest BCUT2D eigenvalue weighted by Gasteiger charge is -2.27. The first-order chi connectivity index (χ1) is 13.9. The molecule has 0 aromatic heterocycles. The van der Waals surface area contributed by atoms with E-state index < -0.39 is 5.54 Å². The summed E-state index contributed by atoms with van der Waals surface area (Å²) in [6.07, 6.45) is 4.05. The largest absolute Gasteiger partial charge is 0.336 e. The van der Waals surface area contributed by atoms with Crippen molar-refractivity contribution >= 4 is 17.8 Å². The molecule has 2 aliphatic rings. The summed E-state index contributed by atoms with van der Waals surface area (Å²) in [7, 11) is 0. The van der Waals surface area contributed by atoms with Crippen LogP contribution in [-0.2, 0) is 16.1 Å². The SMILES string of the molecule is CC(C)N(Cc1ccc(C#N)cc1)C(=O)CCCN1C(=O)NC2(CCCC2)C1=O. The molecular formula is C22H28N4O3. The third-order valence-electron chi connectivity index (χ3n) is 5.86. The molecule has 1 aromatic carbocycles. The van der Waals surface area contributed by atoms with Crippen LogP contribution in [0, 0.1) is 11.3 Å². The van der Waals surface area contributed by atoms with Crippen molar-refractivity contribution < 1.29 is 14.4 Å². The Kier molecular flexibility index (Phi) is 6.21. The van der Waals surface area contributed by atoms with Gasteiger partial charge in [-0.25, -0.2) is 4.79 Å². The number of imide groups is 1. The van der Waals surface area contributed by atoms with Crippen LogP contribution in [0.5, 0.6) is 0 Å². The number of nitrogens with zero attached hydrogens (tertiary/aromatic N) is 3. The summed E-state index contributed by atoms with van der Waals surface area (Å²) in [5.41, 5.74) is 0.855. The predicted molar refractivity (Wildman–Crippen MR) is 108 cm³/mol. The highest BCUT2D eigenvalue weighted by molar-refractivity contribution is 6.07. The van der Waals surface area contributed by atoms with Crippen molar-refractivity contribution in [2.24, 2.45) is 0 Å². The van der Waals surface area contributed by atoms with Crippen molar-refractivity contribution in [3.63, 3.8) is 0 Å². The number of hydrogen-bond donors (Lipinski definition) is 1. The normalized spacial score (nSPS) is 17.7. The predicted octanol–water partition coefficient (Wildman–Crippen LogP) is 2.94. The van der Waals surface area contributed by atoms with E-state index in [0.29, 0.717) is 31.4 Å². The van der Waals surface area contributed by atoms with Crippen molar-refractivity contribution in [2.45, 2.75) is 70.5 Å². The molecule has 1 saturated carbocycles. The highest BCUT2D eigenvalue weighted by Crippen LogP contribution is 2.35. The lowest BCUT2D eigenvalue weighted by Crippen LogP contribution is -2.44. The van der Waals surface area contributed by atoms with Crippen LogP contribution in [0.3, 0.4) is 0 Å². The number of carbonyl (C=O) groups excluding carboxylic acids is 3. The summed E-state index contributed by atoms with van der Waals surface area (Å²) in [5, 5.41) is 11.8. The van der Waals surface area contributed by atoms with Crippen LogP contribution >= 0.6 is 0 Å². The van der Waals surface area contributed by atoms with Crippen LogP contribution < -0.4 is 5.32 Å². The summed E-state index contributed by atoms with van der Waals surface area (Å²) < 4.78 is 0. The molecule has 4 amide bonds. The number of urea groups is 1. The molecule has 2 fully saturated rings. The molecule has 1 heterocycles. The van der Waals surface area contributed by atoms with Gasteiger partial charge in [-0.05, 0) is 50.8 Å². The molecule has 1 aromatic rings. The zero-order valence-electron chi connectivity index (χ0n) is 17.1. The lowest BCUT2D eigenvalue weighted by atomic mass is 9.98. The van der Waals surface area contributed by atoms with E-state index in [9.17, 15) is 14.4 Å². The van der Waals surface area contributed by atoms with Crippen LogP contribution in [0.2, 0.25) is 0 Å². The molecule has 29 heavy (non-hydrogen) atoms. The summed E-state index contributed by atoms with van der Waals surface area (Å²) in [6, 6.07) is 8.98. The van der Waals surface area contributed by atoms with E-state index in [4.69, 9.17) is 5.26 Å². The molecule has 0 unspecified atom stereocenters. The van der Waals surface area contributed by atoms with Gasteiger partial charge in [-0.3, -0.25) is 14.5 Å². The topological polar surface area (TPSA) is 93.5 Å². The number of rotatable bonds is 7. The maximum absolute atomic E-state index is 12.8. The average Bonchev–Trinajstić information content (AvgIpc) is 3.26. The van der Waals surface area contributed by atoms with Gasteiger partial charge in [-0.1, -0.05) is 25.0 Å². The maximum atomic E-state index is 12.8. The number of nitrogens with one attached hydrogen (secondary N) is 1. The fourth-order valence-corrected chi connectivity index (χ4v) is 4.17. The second-order valence-electron chi connectivity index (χ2n) is 8.20. The molecule has 154 valence electrons. The van der Waals surface area contributed by atoms with E-state index in [0.717, 1.165) is 18.4 Å². The molecule has 1 aliphatic carbocycles. The second-order valence-corrected chi connectivity index (χ2v) is 8.20. The van der Waals surface area contributed by atoms with Crippen molar-refractivity contribution in [3.8, 4) is 6.07 Å². The molecule has 0 bridgehead atoms. The quantitative estimate of drug-likeness (QED) is 0.717. The maximum Gasteiger partial charge on any atom is 0.325 e. The Labute approximate surface area is 171 Å². The molecule has 1 aliphatic heterocycles. The molecule has 1 N–H and O–H groups in total. The fraction of sp³-hybridized carbons (Fsp3) is 0.545. The highest BCUT2D eigenvalue weighted by Gasteiger charge is 2.52. The molecule has 1 spiro atoms. The first kappa shape index (κ1) is 20.8. The Morgan fingerprint density at radius 2 is 1.90 bits per heavy atom. The Morgan fingerprint density at radius 3 is 2.48 bits per heavy atom. The summed E-state index contributed by atoms with van der Waals surface area (Å²) >= 11 is 0. The molecule has 7 heteroatoms. The van der Waals surface area contributed by atoms with Gasteiger partial charge in [0.25, 0.3) is 5.91 Å². The van der Waals surface area contributed by atoms with E-state index >= 15 is 0 Å². The van der Waals surface area contributed by atoms with E-state index in [-0.39, 0.29) is 36.9 Å². The monoisotopic (exact) mass is 396 g/mol. The fourth-order valence-electron chi connectivity index (χ4n) is 4.17. The number of benzene rings is 1. The van der Waals surface area contributed by atoms with Crippen LogP contribution in [0.15, 0.2) is 24.3 Å². The molecule has 0 atom stereocenters. The van der Waals surface area contributed by atoms with E-state index in [2.05, 4.69) is 11.4 Å². The Balaban J connectivity index is 1.54. The van der Waals surface area contributed by atoms with E-state index in [1.807, 2.05) is 26.0 Å². The Bertz CT molecular complexity index is 819. The second kappa shape index (κ2) is 8.64. The zero-order valence-corrected chi connectivity index (χ0v) is 17.1. The van der Waals surface area contributed by atoms with Crippen LogP contribution in [0.25, 0.3) is 0 Å². The molecule has 0 radical (unpaired) electrons. The first-order valence-corrected chi connectivity index (χ1v) is 10.3. The third kappa shape index (κ3) is 4.42. The van der Waals surface area contributed by atoms with Gasteiger partial charge in [0.2, 0.25) is 5.91 Å². The smallest absolute Gasteiger partial charge is 0.325 e. The van der Waals surface area contributed by atoms with Crippen LogP contribution in [0.4, 0.5) is 4.79 Å². The number of nitriles is 1. The minimum Gasteiger partial charge on any atom is -0.336 e. The Morgan fingerprint density at radius 1 is 1.24 bits per heavy atom. The lowest BCUT2D eigenvalue weighted by molar-refractivity contribution is -0.135. The molecule has 3 rings (SSSR count). The van der Waals surface area contributed by atoms with Gasteiger partial charge < -0.3 is 10.2 Å². The number of amides is 4. The minimum absolute atomic E-state index is 0.00741. The zero-order chi connectivity index (χ0) is 21.0. The van der Waals surface area contributed by atoms with Crippen molar-refractivity contribution in [1.82, 2.24) is 15.1 Å². The minimum atomic E-state index is -0.694. The van der Waals surface area contributed by atoms with Gasteiger partial charge in [-0.15, -0.1) is 0 Å². The van der Waals surface area contributed by atoms with Crippen molar-refractivity contribution in [2.75, 3.05) is 6.54 Å².